The van der Waals surface area contributed by atoms with E-state index in [2.05, 4.69) is 4.98 Å². The van der Waals surface area contributed by atoms with Gasteiger partial charge in [0.2, 0.25) is 5.91 Å². The van der Waals surface area contributed by atoms with Crippen LogP contribution in [-0.4, -0.2) is 55.2 Å². The maximum absolute atomic E-state index is 13.7. The van der Waals surface area contributed by atoms with Gasteiger partial charge in [-0.05, 0) is 43.9 Å². The number of alkyl halides is 3. The number of benzene rings is 1. The third-order valence-electron chi connectivity index (χ3n) is 6.48. The second kappa shape index (κ2) is 10.6. The van der Waals surface area contributed by atoms with Gasteiger partial charge in [0.05, 0.1) is 24.7 Å². The van der Waals surface area contributed by atoms with Crippen LogP contribution in [0, 0.1) is 5.92 Å². The lowest BCUT2D eigenvalue weighted by atomic mass is 9.95. The van der Waals surface area contributed by atoms with Gasteiger partial charge >= 0.3 is 6.18 Å². The summed E-state index contributed by atoms with van der Waals surface area (Å²) in [5, 5.41) is 0. The number of rotatable bonds is 7. The van der Waals surface area contributed by atoms with Gasteiger partial charge in [0.15, 0.2) is 0 Å². The van der Waals surface area contributed by atoms with Crippen molar-refractivity contribution in [2.24, 2.45) is 5.92 Å². The van der Waals surface area contributed by atoms with Gasteiger partial charge in [-0.25, -0.2) is 4.98 Å². The van der Waals surface area contributed by atoms with Gasteiger partial charge in [0, 0.05) is 44.5 Å². The van der Waals surface area contributed by atoms with Crippen molar-refractivity contribution in [3.8, 4) is 5.75 Å². The molecule has 4 rings (SSSR count). The quantitative estimate of drug-likeness (QED) is 0.587. The van der Waals surface area contributed by atoms with E-state index in [0.29, 0.717) is 44.8 Å². The number of hydrogen-bond acceptors (Lipinski definition) is 5. The van der Waals surface area contributed by atoms with Crippen LogP contribution in [0.3, 0.4) is 0 Å². The Morgan fingerprint density at radius 3 is 2.76 bits per heavy atom. The van der Waals surface area contributed by atoms with Gasteiger partial charge in [0.25, 0.3) is 0 Å². The molecule has 0 radical (unpaired) electrons. The molecule has 1 aromatic carbocycles. The highest BCUT2D eigenvalue weighted by molar-refractivity contribution is 5.80. The van der Waals surface area contributed by atoms with Crippen molar-refractivity contribution in [3.05, 3.63) is 53.7 Å². The second-order valence-electron chi connectivity index (χ2n) is 8.82. The SMILES string of the molecule is COc1ccccc1CN(CC1CCCO1)C(=O)C1CCCN(c2ncccc2C(F)(F)F)C1. The summed E-state index contributed by atoms with van der Waals surface area (Å²) >= 11 is 0. The van der Waals surface area contributed by atoms with Crippen LogP contribution in [0.25, 0.3) is 0 Å². The first-order chi connectivity index (χ1) is 16.4. The molecular weight excluding hydrogens is 447 g/mol. The van der Waals surface area contributed by atoms with Gasteiger partial charge in [0.1, 0.15) is 11.6 Å². The lowest BCUT2D eigenvalue weighted by Crippen LogP contribution is -2.47. The highest BCUT2D eigenvalue weighted by Gasteiger charge is 2.38. The van der Waals surface area contributed by atoms with Gasteiger partial charge in [-0.3, -0.25) is 4.79 Å². The van der Waals surface area contributed by atoms with E-state index >= 15 is 0 Å². The van der Waals surface area contributed by atoms with E-state index in [0.717, 1.165) is 24.5 Å². The van der Waals surface area contributed by atoms with E-state index < -0.39 is 17.7 Å². The van der Waals surface area contributed by atoms with Crippen LogP contribution in [-0.2, 0) is 22.3 Å². The number of nitrogens with zero attached hydrogens (tertiary/aromatic N) is 3. The van der Waals surface area contributed by atoms with Crippen molar-refractivity contribution in [2.75, 3.05) is 38.3 Å². The molecule has 2 aliphatic rings. The zero-order valence-electron chi connectivity index (χ0n) is 19.3. The fourth-order valence-electron chi connectivity index (χ4n) is 4.81. The van der Waals surface area contributed by atoms with Crippen LogP contribution in [0.2, 0.25) is 0 Å². The van der Waals surface area contributed by atoms with Gasteiger partial charge in [-0.1, -0.05) is 18.2 Å². The van der Waals surface area contributed by atoms with Crippen LogP contribution < -0.4 is 9.64 Å². The molecule has 0 saturated carbocycles. The number of methoxy groups -OCH3 is 1. The predicted molar refractivity (Wildman–Crippen MR) is 122 cm³/mol. The van der Waals surface area contributed by atoms with E-state index in [1.165, 1.54) is 12.3 Å². The lowest BCUT2D eigenvalue weighted by Gasteiger charge is -2.37. The molecule has 6 nitrogen and oxygen atoms in total. The summed E-state index contributed by atoms with van der Waals surface area (Å²) in [6.07, 6.45) is -0.0960. The van der Waals surface area contributed by atoms with Crippen LogP contribution >= 0.6 is 0 Å². The summed E-state index contributed by atoms with van der Waals surface area (Å²) in [5.41, 5.74) is 0.112. The molecule has 2 atom stereocenters. The molecule has 0 bridgehead atoms. The number of hydrogen-bond donors (Lipinski definition) is 0. The summed E-state index contributed by atoms with van der Waals surface area (Å²) in [6.45, 7) is 2.12. The Hall–Kier alpha value is -2.81. The Bertz CT molecular complexity index is 979. The maximum atomic E-state index is 13.7. The molecule has 34 heavy (non-hydrogen) atoms. The number of aromatic nitrogens is 1. The molecule has 2 fully saturated rings. The van der Waals surface area contributed by atoms with E-state index in [-0.39, 0.29) is 24.4 Å². The number of carbonyl (C=O) groups is 1. The summed E-state index contributed by atoms with van der Waals surface area (Å²) in [5.74, 6) is 0.0904. The normalized spacial score (nSPS) is 20.9. The zero-order valence-corrected chi connectivity index (χ0v) is 19.3. The van der Waals surface area contributed by atoms with Gasteiger partial charge in [-0.15, -0.1) is 0 Å². The molecular formula is C25H30F3N3O3. The minimum Gasteiger partial charge on any atom is -0.496 e. The number of piperidine rings is 1. The molecule has 9 heteroatoms. The molecule has 1 aromatic heterocycles. The second-order valence-corrected chi connectivity index (χ2v) is 8.82. The Morgan fingerprint density at radius 2 is 2.03 bits per heavy atom. The van der Waals surface area contributed by atoms with E-state index in [1.807, 2.05) is 24.3 Å². The molecule has 184 valence electrons. The summed E-state index contributed by atoms with van der Waals surface area (Å²) in [6, 6.07) is 9.87. The van der Waals surface area contributed by atoms with Crippen molar-refractivity contribution in [1.82, 2.24) is 9.88 Å². The average Bonchev–Trinajstić information content (AvgIpc) is 3.36. The zero-order chi connectivity index (χ0) is 24.1. The Kier molecular flexibility index (Phi) is 7.60. The molecule has 3 heterocycles. The number of amides is 1. The average molecular weight is 478 g/mol. The number of pyridine rings is 1. The lowest BCUT2D eigenvalue weighted by molar-refractivity contribution is -0.138. The predicted octanol–water partition coefficient (Wildman–Crippen LogP) is 4.53. The first-order valence-corrected chi connectivity index (χ1v) is 11.7. The topological polar surface area (TPSA) is 54.9 Å². The summed E-state index contributed by atoms with van der Waals surface area (Å²) in [7, 11) is 1.59. The van der Waals surface area contributed by atoms with E-state index in [1.54, 1.807) is 16.9 Å². The first kappa shape index (κ1) is 24.3. The van der Waals surface area contributed by atoms with Crippen LogP contribution in [0.15, 0.2) is 42.6 Å². The van der Waals surface area contributed by atoms with Gasteiger partial charge in [-0.2, -0.15) is 13.2 Å². The molecule has 2 aliphatic heterocycles. The van der Waals surface area contributed by atoms with Crippen LogP contribution in [0.5, 0.6) is 5.75 Å². The highest BCUT2D eigenvalue weighted by Crippen LogP contribution is 2.37. The van der Waals surface area contributed by atoms with Crippen molar-refractivity contribution < 1.29 is 27.4 Å². The fourth-order valence-corrected chi connectivity index (χ4v) is 4.81. The van der Waals surface area contributed by atoms with Crippen molar-refractivity contribution >= 4 is 11.7 Å². The minimum absolute atomic E-state index is 0.0361. The maximum Gasteiger partial charge on any atom is 0.419 e. The minimum atomic E-state index is -4.50. The monoisotopic (exact) mass is 477 g/mol. The van der Waals surface area contributed by atoms with E-state index in [9.17, 15) is 18.0 Å². The molecule has 2 aromatic rings. The largest absolute Gasteiger partial charge is 0.496 e. The Morgan fingerprint density at radius 1 is 1.21 bits per heavy atom. The molecule has 0 spiro atoms. The number of ether oxygens (including phenoxy) is 2. The number of carbonyl (C=O) groups excluding carboxylic acids is 1. The third-order valence-corrected chi connectivity index (χ3v) is 6.48. The Balaban J connectivity index is 1.55. The van der Waals surface area contributed by atoms with Crippen molar-refractivity contribution in [3.63, 3.8) is 0 Å². The van der Waals surface area contributed by atoms with Crippen LogP contribution in [0.1, 0.15) is 36.8 Å². The van der Waals surface area contributed by atoms with E-state index in [4.69, 9.17) is 9.47 Å². The smallest absolute Gasteiger partial charge is 0.419 e. The molecule has 0 N–H and O–H groups in total. The van der Waals surface area contributed by atoms with Crippen LogP contribution in [0.4, 0.5) is 19.0 Å². The molecule has 2 saturated heterocycles. The van der Waals surface area contributed by atoms with Gasteiger partial charge < -0.3 is 19.3 Å². The fraction of sp³-hybridized carbons (Fsp3) is 0.520. The molecule has 1 amide bonds. The molecule has 0 aliphatic carbocycles. The number of anilines is 1. The van der Waals surface area contributed by atoms with Crippen molar-refractivity contribution in [2.45, 2.75) is 44.5 Å². The standard InChI is InChI=1S/C25H30F3N3O3/c1-33-22-11-3-2-7-18(22)15-31(17-20-9-6-14-34-20)24(32)19-8-5-13-30(16-19)23-21(25(26,27)28)10-4-12-29-23/h2-4,7,10-12,19-20H,5-6,8-9,13-17H2,1H3. The summed E-state index contributed by atoms with van der Waals surface area (Å²) < 4.78 is 51.9. The number of halogens is 3. The third kappa shape index (κ3) is 5.63. The number of para-hydroxylation sites is 1. The Labute approximate surface area is 197 Å². The summed E-state index contributed by atoms with van der Waals surface area (Å²) in [4.78, 5) is 21.1. The highest BCUT2D eigenvalue weighted by atomic mass is 19.4. The molecule has 2 unspecified atom stereocenters. The first-order valence-electron chi connectivity index (χ1n) is 11.7. The van der Waals surface area contributed by atoms with Crippen molar-refractivity contribution in [1.29, 1.82) is 0 Å².